The molecule has 6 aliphatic heterocycles. The Kier molecular flexibility index (Phi) is 9.96. The summed E-state index contributed by atoms with van der Waals surface area (Å²) in [6, 6.07) is 15.6. The van der Waals surface area contributed by atoms with E-state index in [-0.39, 0.29) is 47.7 Å². The number of fused-ring (bicyclic) bond motifs is 8. The molecule has 0 amide bonds. The number of benzene rings is 2. The second kappa shape index (κ2) is 14.7. The van der Waals surface area contributed by atoms with Crippen LogP contribution in [0.2, 0.25) is 0 Å². The van der Waals surface area contributed by atoms with Gasteiger partial charge >= 0.3 is 23.9 Å². The molecule has 10 rings (SSSR count). The maximum absolute atomic E-state index is 14.1. The first-order valence-electron chi connectivity index (χ1n) is 20.0. The molecule has 6 bridgehead atoms. The summed E-state index contributed by atoms with van der Waals surface area (Å²) in [5, 5.41) is 0. The predicted molar refractivity (Wildman–Crippen MR) is 195 cm³/mol. The van der Waals surface area contributed by atoms with Crippen molar-refractivity contribution < 1.29 is 47.1 Å². The van der Waals surface area contributed by atoms with E-state index in [1.807, 2.05) is 48.5 Å². The van der Waals surface area contributed by atoms with Crippen molar-refractivity contribution >= 4 is 23.9 Å². The molecule has 282 valence electrons. The quantitative estimate of drug-likeness (QED) is 0.118. The Morgan fingerprint density at radius 2 is 1.13 bits per heavy atom. The lowest BCUT2D eigenvalue weighted by atomic mass is 9.76. The van der Waals surface area contributed by atoms with Gasteiger partial charge < -0.3 is 27.9 Å². The summed E-state index contributed by atoms with van der Waals surface area (Å²) < 4.78 is 25.4. The molecule has 1 saturated carbocycles. The first kappa shape index (κ1) is 36.0. The van der Waals surface area contributed by atoms with Crippen LogP contribution >= 0.6 is 0 Å². The first-order chi connectivity index (χ1) is 25.6. The Labute approximate surface area is 312 Å². The average molecular weight is 727 g/mol. The maximum Gasteiger partial charge on any atom is 0.315 e. The van der Waals surface area contributed by atoms with Crippen LogP contribution in [0, 0.1) is 35.5 Å². The zero-order valence-electron chi connectivity index (χ0n) is 31.2. The third-order valence-electron chi connectivity index (χ3n) is 13.5. The van der Waals surface area contributed by atoms with Gasteiger partial charge in [-0.2, -0.15) is 0 Å². The Morgan fingerprint density at radius 1 is 0.623 bits per heavy atom. The predicted octanol–water partition coefficient (Wildman–Crippen LogP) is 5.76. The number of esters is 4. The largest absolute Gasteiger partial charge is 0.460 e. The number of hydrogen-bond acceptors (Lipinski definition) is 8. The van der Waals surface area contributed by atoms with Crippen molar-refractivity contribution in [3.8, 4) is 11.5 Å². The highest BCUT2D eigenvalue weighted by Crippen LogP contribution is 2.48. The van der Waals surface area contributed by atoms with E-state index in [0.717, 1.165) is 93.4 Å². The second-order valence-electron chi connectivity index (χ2n) is 16.8. The minimum absolute atomic E-state index is 0.0411. The van der Waals surface area contributed by atoms with Gasteiger partial charge in [-0.15, -0.1) is 0 Å². The molecule has 10 nitrogen and oxygen atoms in total. The van der Waals surface area contributed by atoms with Gasteiger partial charge in [0.1, 0.15) is 49.1 Å². The van der Waals surface area contributed by atoms with E-state index in [1.165, 1.54) is 11.1 Å². The summed E-state index contributed by atoms with van der Waals surface area (Å²) in [5.74, 6) is 0.406. The molecular formula is C43H54N2O8+2. The topological polar surface area (TPSA) is 105 Å². The van der Waals surface area contributed by atoms with Crippen molar-refractivity contribution in [2.75, 3.05) is 39.3 Å². The van der Waals surface area contributed by atoms with E-state index in [1.54, 1.807) is 13.8 Å². The maximum atomic E-state index is 14.1. The lowest BCUT2D eigenvalue weighted by molar-refractivity contribution is -0.958. The molecule has 6 saturated heterocycles. The summed E-state index contributed by atoms with van der Waals surface area (Å²) in [6.45, 7) is 11.0. The number of nitrogens with zero attached hydrogens (tertiary/aromatic N) is 2. The van der Waals surface area contributed by atoms with Gasteiger partial charge in [0.05, 0.1) is 32.7 Å². The number of hydrogen-bond donors (Lipinski definition) is 0. The highest BCUT2D eigenvalue weighted by Gasteiger charge is 2.56. The zero-order chi connectivity index (χ0) is 36.7. The number of carbonyl (C=O) groups excluding carboxylic acids is 4. The van der Waals surface area contributed by atoms with E-state index in [4.69, 9.17) is 18.9 Å². The molecule has 0 aromatic heterocycles. The molecule has 2 aliphatic carbocycles. The summed E-state index contributed by atoms with van der Waals surface area (Å²) in [4.78, 5) is 51.6. The molecular weight excluding hydrogens is 672 g/mol. The Hall–Kier alpha value is -4.02. The number of rotatable bonds is 12. The lowest BCUT2D eigenvalue weighted by Crippen LogP contribution is -2.64. The van der Waals surface area contributed by atoms with Crippen LogP contribution in [0.5, 0.6) is 11.5 Å². The molecule has 6 unspecified atom stereocenters. The van der Waals surface area contributed by atoms with Gasteiger partial charge in [0.15, 0.2) is 6.10 Å². The molecule has 7 fully saturated rings. The highest BCUT2D eigenvalue weighted by molar-refractivity contribution is 5.78. The second-order valence-corrected chi connectivity index (χ2v) is 16.8. The van der Waals surface area contributed by atoms with Crippen LogP contribution < -0.4 is 9.47 Å². The number of piperidine rings is 6. The average Bonchev–Trinajstić information content (AvgIpc) is 3.79. The number of carbonyl (C=O) groups is 4. The van der Waals surface area contributed by atoms with Gasteiger partial charge in [-0.05, 0) is 66.8 Å². The Bertz CT molecular complexity index is 1720. The molecule has 0 spiro atoms. The van der Waals surface area contributed by atoms with Gasteiger partial charge in [0.25, 0.3) is 0 Å². The van der Waals surface area contributed by atoms with Crippen LogP contribution in [0.1, 0.15) is 69.9 Å². The van der Waals surface area contributed by atoms with Crippen LogP contribution in [0.4, 0.5) is 0 Å². The zero-order valence-corrected chi connectivity index (χ0v) is 31.2. The number of allylic oxidation sites excluding steroid dienone is 1. The lowest BCUT2D eigenvalue weighted by Gasteiger charge is -2.52. The van der Waals surface area contributed by atoms with Crippen molar-refractivity contribution in [3.63, 3.8) is 0 Å². The Balaban J connectivity index is 0.895. The fourth-order valence-electron chi connectivity index (χ4n) is 10.6. The fourth-order valence-corrected chi connectivity index (χ4v) is 10.6. The van der Waals surface area contributed by atoms with Crippen molar-refractivity contribution in [3.05, 3.63) is 71.8 Å². The van der Waals surface area contributed by atoms with Crippen LogP contribution in [0.15, 0.2) is 60.7 Å². The number of ether oxygens (including phenoxy) is 4. The molecule has 0 radical (unpaired) electrons. The van der Waals surface area contributed by atoms with Gasteiger partial charge in [0, 0.05) is 61.5 Å². The van der Waals surface area contributed by atoms with E-state index in [0.29, 0.717) is 36.2 Å². The van der Waals surface area contributed by atoms with Crippen LogP contribution in [-0.2, 0) is 41.7 Å². The van der Waals surface area contributed by atoms with E-state index >= 15 is 0 Å². The Morgan fingerprint density at radius 3 is 1.68 bits per heavy atom. The summed E-state index contributed by atoms with van der Waals surface area (Å²) >= 11 is 0. The van der Waals surface area contributed by atoms with Gasteiger partial charge in [0.2, 0.25) is 0 Å². The SMILES string of the molecule is CCC(=O)Oc1ccc(C[N+]23CCC(CC2)C(OC(=O)C2C4C=CC(C4)C2OC(=O)C2C[N+]4(Cc5ccc(OC(=O)CC)cc5)CCC2CC4)C3)cc1. The van der Waals surface area contributed by atoms with Crippen molar-refractivity contribution in [2.24, 2.45) is 35.5 Å². The molecule has 10 heteroatoms. The normalized spacial score (nSPS) is 34.8. The molecule has 2 aromatic carbocycles. The van der Waals surface area contributed by atoms with Crippen molar-refractivity contribution in [2.45, 2.75) is 84.1 Å². The summed E-state index contributed by atoms with van der Waals surface area (Å²) in [6.07, 6.45) is 9.19. The standard InChI is InChI=1S/C43H54N2O8/c1-3-38(46)50-34-11-5-28(6-12-34)24-44-19-15-30(16-20-44)36(26-44)42(48)53-41-33-10-9-32(23-33)40(41)43(49)52-37-27-45(21-17-31(37)18-22-45)25-29-7-13-35(14-8-29)51-39(47)4-2/h5-14,30-33,36-37,40-41H,3-4,15-27H2,1-2H3/q+2. The van der Waals surface area contributed by atoms with Gasteiger partial charge in [-0.3, -0.25) is 19.2 Å². The molecule has 53 heavy (non-hydrogen) atoms. The van der Waals surface area contributed by atoms with E-state index in [9.17, 15) is 19.2 Å². The minimum Gasteiger partial charge on any atom is -0.460 e. The van der Waals surface area contributed by atoms with Crippen molar-refractivity contribution in [1.82, 2.24) is 0 Å². The monoisotopic (exact) mass is 726 g/mol. The molecule has 2 aromatic rings. The molecule has 0 N–H and O–H groups in total. The van der Waals surface area contributed by atoms with E-state index in [2.05, 4.69) is 12.2 Å². The van der Waals surface area contributed by atoms with Crippen LogP contribution in [0.3, 0.4) is 0 Å². The minimum atomic E-state index is -0.475. The highest BCUT2D eigenvalue weighted by atomic mass is 16.6. The third-order valence-corrected chi connectivity index (χ3v) is 13.5. The van der Waals surface area contributed by atoms with E-state index < -0.39 is 12.0 Å². The molecule has 6 atom stereocenters. The number of quaternary nitrogens is 2. The first-order valence-corrected chi connectivity index (χ1v) is 20.0. The smallest absolute Gasteiger partial charge is 0.315 e. The molecule has 8 aliphatic rings. The summed E-state index contributed by atoms with van der Waals surface area (Å²) in [5.41, 5.74) is 2.35. The van der Waals surface area contributed by atoms with Gasteiger partial charge in [-0.1, -0.05) is 26.0 Å². The summed E-state index contributed by atoms with van der Waals surface area (Å²) in [7, 11) is 0. The van der Waals surface area contributed by atoms with Gasteiger partial charge in [-0.25, -0.2) is 0 Å². The third kappa shape index (κ3) is 7.41. The fraction of sp³-hybridized carbons (Fsp3) is 0.581. The van der Waals surface area contributed by atoms with Crippen LogP contribution in [-0.4, -0.2) is 84.3 Å². The molecule has 6 heterocycles. The van der Waals surface area contributed by atoms with Crippen LogP contribution in [0.25, 0.3) is 0 Å². The van der Waals surface area contributed by atoms with Crippen molar-refractivity contribution in [1.29, 1.82) is 0 Å².